The minimum absolute atomic E-state index is 0.336. The van der Waals surface area contributed by atoms with E-state index < -0.39 is 0 Å². The van der Waals surface area contributed by atoms with Crippen LogP contribution in [0.1, 0.15) is 41.8 Å². The first-order chi connectivity index (χ1) is 16.1. The Labute approximate surface area is 206 Å². The first-order valence-corrected chi connectivity index (χ1v) is 11.7. The molecule has 0 fully saturated rings. The van der Waals surface area contributed by atoms with Gasteiger partial charge in [0.25, 0.3) is 0 Å². The first-order valence-electron chi connectivity index (χ1n) is 10.6. The second kappa shape index (κ2) is 10.5. The zero-order chi connectivity index (χ0) is 23.2. The molecule has 33 heavy (non-hydrogen) atoms. The van der Waals surface area contributed by atoms with E-state index in [1.807, 2.05) is 48.1 Å². The Morgan fingerprint density at radius 2 is 1.97 bits per heavy atom. The molecule has 2 heterocycles. The van der Waals surface area contributed by atoms with Crippen LogP contribution in [-0.2, 0) is 11.3 Å². The molecule has 0 atom stereocenters. The highest BCUT2D eigenvalue weighted by Gasteiger charge is 2.13. The molecular weight excluding hydrogens is 529 g/mol. The van der Waals surface area contributed by atoms with Crippen LogP contribution in [0.5, 0.6) is 5.88 Å². The van der Waals surface area contributed by atoms with Crippen LogP contribution in [0.3, 0.4) is 0 Å². The predicted octanol–water partition coefficient (Wildman–Crippen LogP) is 5.54. The third-order valence-corrected chi connectivity index (χ3v) is 5.73. The number of rotatable bonds is 6. The molecule has 4 aromatic rings. The van der Waals surface area contributed by atoms with Gasteiger partial charge in [-0.2, -0.15) is 5.10 Å². The van der Waals surface area contributed by atoms with Crippen LogP contribution < -0.4 is 4.74 Å². The maximum absolute atomic E-state index is 12.0. The number of hydrogen-bond donors (Lipinski definition) is 0. The molecular formula is C26H22IN3O3. The lowest BCUT2D eigenvalue weighted by Gasteiger charge is -2.11. The Morgan fingerprint density at radius 1 is 1.15 bits per heavy atom. The van der Waals surface area contributed by atoms with Crippen LogP contribution in [0.2, 0.25) is 0 Å². The minimum Gasteiger partial charge on any atom is -0.472 e. The van der Waals surface area contributed by atoms with E-state index in [9.17, 15) is 4.79 Å². The van der Waals surface area contributed by atoms with Crippen molar-refractivity contribution < 1.29 is 14.3 Å². The van der Waals surface area contributed by atoms with Gasteiger partial charge < -0.3 is 9.47 Å². The van der Waals surface area contributed by atoms with Crippen molar-refractivity contribution in [2.45, 2.75) is 26.9 Å². The van der Waals surface area contributed by atoms with Gasteiger partial charge in [-0.3, -0.25) is 0 Å². The summed E-state index contributed by atoms with van der Waals surface area (Å²) in [6.07, 6.45) is 4.30. The zero-order valence-corrected chi connectivity index (χ0v) is 20.5. The van der Waals surface area contributed by atoms with Crippen molar-refractivity contribution in [2.24, 2.45) is 0 Å². The number of hydrogen-bond acceptors (Lipinski definition) is 5. The molecule has 0 unspecified atom stereocenters. The van der Waals surface area contributed by atoms with Gasteiger partial charge in [-0.1, -0.05) is 18.8 Å². The number of halogens is 1. The van der Waals surface area contributed by atoms with E-state index in [1.54, 1.807) is 25.3 Å². The Hall–Kier alpha value is -3.38. The van der Waals surface area contributed by atoms with Gasteiger partial charge in [0.2, 0.25) is 5.88 Å². The predicted molar refractivity (Wildman–Crippen MR) is 135 cm³/mol. The molecule has 6 nitrogen and oxygen atoms in total. The van der Waals surface area contributed by atoms with Gasteiger partial charge in [-0.05, 0) is 78.0 Å². The van der Waals surface area contributed by atoms with Crippen molar-refractivity contribution in [3.63, 3.8) is 0 Å². The Morgan fingerprint density at radius 3 is 2.70 bits per heavy atom. The summed E-state index contributed by atoms with van der Waals surface area (Å²) in [5.74, 6) is 6.65. The van der Waals surface area contributed by atoms with Crippen molar-refractivity contribution in [1.29, 1.82) is 0 Å². The van der Waals surface area contributed by atoms with Crippen molar-refractivity contribution >= 4 is 39.5 Å². The molecule has 2 aromatic heterocycles. The van der Waals surface area contributed by atoms with Crippen LogP contribution in [0.25, 0.3) is 16.6 Å². The number of fused-ring (bicyclic) bond motifs is 1. The summed E-state index contributed by atoms with van der Waals surface area (Å²) in [7, 11) is 0. The number of benzene rings is 2. The quantitative estimate of drug-likeness (QED) is 0.179. The average molecular weight is 551 g/mol. The topological polar surface area (TPSA) is 66.2 Å². The van der Waals surface area contributed by atoms with Gasteiger partial charge in [0.05, 0.1) is 33.1 Å². The number of pyridine rings is 1. The fourth-order valence-corrected chi connectivity index (χ4v) is 3.82. The lowest BCUT2D eigenvalue weighted by Crippen LogP contribution is -2.05. The number of carbonyl (C=O) groups excluding carboxylic acids is 1. The molecule has 0 saturated heterocycles. The van der Waals surface area contributed by atoms with Crippen LogP contribution in [-0.4, -0.2) is 27.3 Å². The summed E-state index contributed by atoms with van der Waals surface area (Å²) in [6.45, 7) is 4.49. The van der Waals surface area contributed by atoms with E-state index in [1.165, 1.54) is 0 Å². The van der Waals surface area contributed by atoms with Gasteiger partial charge >= 0.3 is 5.97 Å². The van der Waals surface area contributed by atoms with Crippen LogP contribution in [0.15, 0.2) is 60.9 Å². The standard InChI is InChI=1S/C26H22IN3O3/c1-3-5-7-19-14-20-16-29-30(22-11-9-18(10-12-22)26(31)32-4-2)24(20)15-21(19)17-33-25-23(27)8-6-13-28-25/h6,8-16H,3-4,17H2,1-2H3. The Kier molecular flexibility index (Phi) is 7.25. The maximum atomic E-state index is 12.0. The van der Waals surface area contributed by atoms with Crippen molar-refractivity contribution in [2.75, 3.05) is 6.61 Å². The molecule has 7 heteroatoms. The summed E-state index contributed by atoms with van der Waals surface area (Å²) in [6, 6.07) is 15.1. The van der Waals surface area contributed by atoms with Crippen molar-refractivity contribution in [1.82, 2.24) is 14.8 Å². The van der Waals surface area contributed by atoms with Gasteiger partial charge in [-0.15, -0.1) is 0 Å². The molecule has 0 aliphatic heterocycles. The number of ether oxygens (including phenoxy) is 2. The monoisotopic (exact) mass is 551 g/mol. The number of esters is 1. The van der Waals surface area contributed by atoms with E-state index in [0.717, 1.165) is 37.7 Å². The third-order valence-electron chi connectivity index (χ3n) is 4.90. The summed E-state index contributed by atoms with van der Waals surface area (Å²) >= 11 is 2.21. The lowest BCUT2D eigenvalue weighted by atomic mass is 10.1. The second-order valence-electron chi connectivity index (χ2n) is 7.13. The highest BCUT2D eigenvalue weighted by molar-refractivity contribution is 14.1. The number of aromatic nitrogens is 3. The largest absolute Gasteiger partial charge is 0.472 e. The summed E-state index contributed by atoms with van der Waals surface area (Å²) in [4.78, 5) is 16.3. The summed E-state index contributed by atoms with van der Waals surface area (Å²) < 4.78 is 13.9. The Balaban J connectivity index is 1.70. The molecule has 0 bridgehead atoms. The number of carbonyl (C=O) groups is 1. The fourth-order valence-electron chi connectivity index (χ4n) is 3.32. The zero-order valence-electron chi connectivity index (χ0n) is 18.3. The smallest absolute Gasteiger partial charge is 0.338 e. The van der Waals surface area contributed by atoms with Crippen LogP contribution >= 0.6 is 22.6 Å². The fraction of sp³-hybridized carbons (Fsp3) is 0.192. The van der Waals surface area contributed by atoms with Crippen molar-refractivity contribution in [3.8, 4) is 23.4 Å². The van der Waals surface area contributed by atoms with Gasteiger partial charge in [-0.25, -0.2) is 14.5 Å². The molecule has 0 N–H and O–H groups in total. The van der Waals surface area contributed by atoms with Crippen LogP contribution in [0.4, 0.5) is 0 Å². The normalized spacial score (nSPS) is 10.5. The molecule has 0 saturated carbocycles. The summed E-state index contributed by atoms with van der Waals surface area (Å²) in [5, 5.41) is 5.54. The van der Waals surface area contributed by atoms with Gasteiger partial charge in [0, 0.05) is 29.1 Å². The van der Waals surface area contributed by atoms with Gasteiger partial charge in [0.15, 0.2) is 0 Å². The molecule has 0 amide bonds. The minimum atomic E-state index is -0.336. The molecule has 0 spiro atoms. The molecule has 0 radical (unpaired) electrons. The maximum Gasteiger partial charge on any atom is 0.338 e. The second-order valence-corrected chi connectivity index (χ2v) is 8.29. The molecule has 166 valence electrons. The van der Waals surface area contributed by atoms with Gasteiger partial charge in [0.1, 0.15) is 6.61 Å². The molecule has 4 rings (SSSR count). The average Bonchev–Trinajstić information content (AvgIpc) is 3.25. The molecule has 0 aliphatic rings. The SMILES string of the molecule is CCC#Cc1cc2cnn(-c3ccc(C(=O)OCC)cc3)c2cc1COc1ncccc1I. The first kappa shape index (κ1) is 22.8. The Bertz CT molecular complexity index is 1350. The lowest BCUT2D eigenvalue weighted by molar-refractivity contribution is 0.0526. The number of nitrogens with zero attached hydrogens (tertiary/aromatic N) is 3. The molecule has 0 aliphatic carbocycles. The van der Waals surface area contributed by atoms with E-state index in [-0.39, 0.29) is 5.97 Å². The van der Waals surface area contributed by atoms with Crippen LogP contribution in [0, 0.1) is 15.4 Å². The molecule has 2 aromatic carbocycles. The van der Waals surface area contributed by atoms with E-state index >= 15 is 0 Å². The van der Waals surface area contributed by atoms with Crippen molar-refractivity contribution in [3.05, 3.63) is 81.2 Å². The third kappa shape index (κ3) is 5.17. The highest BCUT2D eigenvalue weighted by Crippen LogP contribution is 2.25. The van der Waals surface area contributed by atoms with E-state index in [0.29, 0.717) is 24.7 Å². The van der Waals surface area contributed by atoms with E-state index in [2.05, 4.69) is 50.6 Å². The highest BCUT2D eigenvalue weighted by atomic mass is 127. The summed E-state index contributed by atoms with van der Waals surface area (Å²) in [5.41, 5.74) is 4.14. The van der Waals surface area contributed by atoms with E-state index in [4.69, 9.17) is 9.47 Å².